The maximum Gasteiger partial charge on any atom is 0.254 e. The van der Waals surface area contributed by atoms with Gasteiger partial charge in [0.05, 0.1) is 5.39 Å². The van der Waals surface area contributed by atoms with Crippen LogP contribution in [0.1, 0.15) is 45.5 Å². The summed E-state index contributed by atoms with van der Waals surface area (Å²) in [6.45, 7) is 5.28. The zero-order valence-electron chi connectivity index (χ0n) is 20.4. The molecule has 0 bridgehead atoms. The Kier molecular flexibility index (Phi) is 6.52. The summed E-state index contributed by atoms with van der Waals surface area (Å²) in [5.74, 6) is 2.75. The quantitative estimate of drug-likeness (QED) is 0.301. The number of piperazine rings is 1. The second kappa shape index (κ2) is 9.94. The Morgan fingerprint density at radius 1 is 1.06 bits per heavy atom. The van der Waals surface area contributed by atoms with E-state index in [4.69, 9.17) is 9.97 Å². The van der Waals surface area contributed by atoms with Gasteiger partial charge in [-0.2, -0.15) is 0 Å². The third-order valence-electron chi connectivity index (χ3n) is 7.33. The van der Waals surface area contributed by atoms with E-state index in [1.54, 1.807) is 0 Å². The second-order valence-electron chi connectivity index (χ2n) is 9.95. The number of fused-ring (bicyclic) bond motifs is 3. The molecule has 1 unspecified atom stereocenters. The predicted octanol–water partition coefficient (Wildman–Crippen LogP) is 6.13. The van der Waals surface area contributed by atoms with Crippen molar-refractivity contribution in [3.8, 4) is 0 Å². The highest BCUT2D eigenvalue weighted by atomic mass is 79.9. The van der Waals surface area contributed by atoms with Crippen molar-refractivity contribution in [3.63, 3.8) is 0 Å². The monoisotopic (exact) mass is 560 g/mol. The van der Waals surface area contributed by atoms with E-state index in [0.29, 0.717) is 13.1 Å². The summed E-state index contributed by atoms with van der Waals surface area (Å²) in [7, 11) is 0. The summed E-state index contributed by atoms with van der Waals surface area (Å²) in [4.78, 5) is 30.3. The van der Waals surface area contributed by atoms with Crippen molar-refractivity contribution in [2.75, 3.05) is 31.1 Å². The number of thiophene rings is 1. The van der Waals surface area contributed by atoms with Gasteiger partial charge in [-0.05, 0) is 54.5 Å². The third kappa shape index (κ3) is 4.66. The lowest BCUT2D eigenvalue weighted by Gasteiger charge is -2.36. The van der Waals surface area contributed by atoms with Crippen LogP contribution in [0.4, 0.5) is 5.82 Å². The van der Waals surface area contributed by atoms with Gasteiger partial charge >= 0.3 is 0 Å². The number of aryl methyl sites for hydroxylation is 1. The largest absolute Gasteiger partial charge is 0.352 e. The Labute approximate surface area is 224 Å². The third-order valence-corrected chi connectivity index (χ3v) is 8.97. The number of anilines is 1. The van der Waals surface area contributed by atoms with Crippen LogP contribution in [0.2, 0.25) is 0 Å². The first-order chi connectivity index (χ1) is 17.5. The van der Waals surface area contributed by atoms with Crippen molar-refractivity contribution in [2.45, 2.75) is 32.6 Å². The standard InChI is InChI=1S/C29H29BrN4OS/c1-19-10-11-23-24(16-19)36-28-26(23)27(31-25(32-28)17-20-6-3-2-4-7-20)33-12-14-34(15-13-33)29(35)21-8-5-9-22(30)18-21/h2-9,18-19H,10-17H2,1H3. The number of amides is 1. The van der Waals surface area contributed by atoms with Crippen LogP contribution in [0.15, 0.2) is 59.1 Å². The molecule has 2 aromatic heterocycles. The molecule has 7 heteroatoms. The van der Waals surface area contributed by atoms with Gasteiger partial charge in [0.15, 0.2) is 0 Å². The van der Waals surface area contributed by atoms with Crippen molar-refractivity contribution in [1.82, 2.24) is 14.9 Å². The average molecular weight is 562 g/mol. The summed E-state index contributed by atoms with van der Waals surface area (Å²) >= 11 is 5.35. The number of hydrogen-bond donors (Lipinski definition) is 0. The molecular formula is C29H29BrN4OS. The molecule has 5 nitrogen and oxygen atoms in total. The molecule has 0 saturated carbocycles. The molecule has 1 atom stereocenters. The number of aromatic nitrogens is 2. The molecule has 6 rings (SSSR count). The summed E-state index contributed by atoms with van der Waals surface area (Å²) < 4.78 is 0.929. The van der Waals surface area contributed by atoms with E-state index >= 15 is 0 Å². The van der Waals surface area contributed by atoms with Gasteiger partial charge in [-0.25, -0.2) is 9.97 Å². The minimum Gasteiger partial charge on any atom is -0.352 e. The van der Waals surface area contributed by atoms with Gasteiger partial charge in [0.2, 0.25) is 0 Å². The molecule has 2 aliphatic rings. The molecule has 1 fully saturated rings. The van der Waals surface area contributed by atoms with Gasteiger partial charge in [0.1, 0.15) is 16.5 Å². The van der Waals surface area contributed by atoms with E-state index in [1.165, 1.54) is 27.8 Å². The van der Waals surface area contributed by atoms with Crippen molar-refractivity contribution < 1.29 is 4.79 Å². The first-order valence-electron chi connectivity index (χ1n) is 12.7. The number of benzene rings is 2. The van der Waals surface area contributed by atoms with Crippen LogP contribution in [0.25, 0.3) is 10.2 Å². The Balaban J connectivity index is 1.31. The Bertz CT molecular complexity index is 1410. The van der Waals surface area contributed by atoms with Gasteiger partial charge in [0.25, 0.3) is 5.91 Å². The van der Waals surface area contributed by atoms with Gasteiger partial charge in [-0.15, -0.1) is 11.3 Å². The van der Waals surface area contributed by atoms with Crippen molar-refractivity contribution >= 4 is 49.2 Å². The fraction of sp³-hybridized carbons (Fsp3) is 0.345. The summed E-state index contributed by atoms with van der Waals surface area (Å²) in [6, 6.07) is 18.1. The van der Waals surface area contributed by atoms with Crippen LogP contribution in [0.5, 0.6) is 0 Å². The number of carbonyl (C=O) groups is 1. The Hall–Kier alpha value is -2.77. The molecular weight excluding hydrogens is 532 g/mol. The summed E-state index contributed by atoms with van der Waals surface area (Å²) in [5, 5.41) is 1.26. The minimum atomic E-state index is 0.0930. The van der Waals surface area contributed by atoms with E-state index in [-0.39, 0.29) is 5.91 Å². The molecule has 1 aliphatic carbocycles. The normalized spacial score (nSPS) is 17.9. The zero-order valence-corrected chi connectivity index (χ0v) is 22.8. The van der Waals surface area contributed by atoms with E-state index < -0.39 is 0 Å². The fourth-order valence-corrected chi connectivity index (χ4v) is 7.17. The topological polar surface area (TPSA) is 49.3 Å². The van der Waals surface area contributed by atoms with Gasteiger partial charge in [-0.1, -0.05) is 59.3 Å². The number of halogens is 1. The van der Waals surface area contributed by atoms with Crippen LogP contribution in [-0.2, 0) is 19.3 Å². The van der Waals surface area contributed by atoms with Gasteiger partial charge in [-0.3, -0.25) is 4.79 Å². The number of carbonyl (C=O) groups excluding carboxylic acids is 1. The lowest BCUT2D eigenvalue weighted by atomic mass is 9.89. The predicted molar refractivity (Wildman–Crippen MR) is 150 cm³/mol. The smallest absolute Gasteiger partial charge is 0.254 e. The lowest BCUT2D eigenvalue weighted by molar-refractivity contribution is 0.0746. The molecule has 1 aliphatic heterocycles. The SMILES string of the molecule is CC1CCc2c(sc3nc(Cc4ccccc4)nc(N4CCN(C(=O)c5cccc(Br)c5)CC4)c23)C1. The van der Waals surface area contributed by atoms with Gasteiger partial charge < -0.3 is 9.80 Å². The zero-order chi connectivity index (χ0) is 24.6. The van der Waals surface area contributed by atoms with Crippen LogP contribution in [0.3, 0.4) is 0 Å². The van der Waals surface area contributed by atoms with Crippen LogP contribution in [-0.4, -0.2) is 47.0 Å². The van der Waals surface area contributed by atoms with Crippen LogP contribution >= 0.6 is 27.3 Å². The number of hydrogen-bond acceptors (Lipinski definition) is 5. The van der Waals surface area contributed by atoms with E-state index in [1.807, 2.05) is 46.6 Å². The van der Waals surface area contributed by atoms with E-state index in [9.17, 15) is 4.79 Å². The molecule has 2 aromatic carbocycles. The highest BCUT2D eigenvalue weighted by Gasteiger charge is 2.29. The van der Waals surface area contributed by atoms with Crippen molar-refractivity contribution in [2.24, 2.45) is 5.92 Å². The maximum absolute atomic E-state index is 13.1. The molecule has 0 N–H and O–H groups in total. The van der Waals surface area contributed by atoms with Crippen LogP contribution < -0.4 is 4.90 Å². The molecule has 0 spiro atoms. The summed E-state index contributed by atoms with van der Waals surface area (Å²) in [5.41, 5.74) is 3.41. The van der Waals surface area contributed by atoms with E-state index in [2.05, 4.69) is 52.0 Å². The molecule has 3 heterocycles. The highest BCUT2D eigenvalue weighted by molar-refractivity contribution is 9.10. The second-order valence-corrected chi connectivity index (χ2v) is 11.9. The average Bonchev–Trinajstić information content (AvgIpc) is 3.26. The van der Waals surface area contributed by atoms with Crippen molar-refractivity contribution in [1.29, 1.82) is 0 Å². The minimum absolute atomic E-state index is 0.0930. The Morgan fingerprint density at radius 3 is 2.64 bits per heavy atom. The Morgan fingerprint density at radius 2 is 1.86 bits per heavy atom. The number of rotatable bonds is 4. The van der Waals surface area contributed by atoms with Crippen molar-refractivity contribution in [3.05, 3.63) is 86.5 Å². The molecule has 184 valence electrons. The molecule has 0 radical (unpaired) electrons. The maximum atomic E-state index is 13.1. The fourth-order valence-electron chi connectivity index (χ4n) is 5.38. The van der Waals surface area contributed by atoms with E-state index in [0.717, 1.165) is 64.8 Å². The first kappa shape index (κ1) is 23.6. The summed E-state index contributed by atoms with van der Waals surface area (Å²) in [6.07, 6.45) is 4.19. The van der Waals surface area contributed by atoms with Gasteiger partial charge in [0, 0.05) is 47.5 Å². The van der Waals surface area contributed by atoms with Crippen LogP contribution in [0, 0.1) is 5.92 Å². The lowest BCUT2D eigenvalue weighted by Crippen LogP contribution is -2.49. The first-order valence-corrected chi connectivity index (χ1v) is 14.3. The molecule has 4 aromatic rings. The number of nitrogens with zero attached hydrogens (tertiary/aromatic N) is 4. The molecule has 1 saturated heterocycles. The molecule has 1 amide bonds. The highest BCUT2D eigenvalue weighted by Crippen LogP contribution is 2.41. The molecule has 36 heavy (non-hydrogen) atoms.